The highest BCUT2D eigenvalue weighted by atomic mass is 32.1. The van der Waals surface area contributed by atoms with Gasteiger partial charge in [0.2, 0.25) is 0 Å². The highest BCUT2D eigenvalue weighted by Gasteiger charge is 2.29. The second-order valence-corrected chi connectivity index (χ2v) is 4.05. The van der Waals surface area contributed by atoms with Crippen LogP contribution in [0.2, 0.25) is 0 Å². The van der Waals surface area contributed by atoms with Crippen LogP contribution in [-0.4, -0.2) is 30.4 Å². The normalized spacial score (nSPS) is 25.3. The smallest absolute Gasteiger partial charge is 0.166 e. The van der Waals surface area contributed by atoms with Crippen LogP contribution in [0.4, 0.5) is 0 Å². The molecule has 0 saturated heterocycles. The molecule has 3 nitrogen and oxygen atoms in total. The summed E-state index contributed by atoms with van der Waals surface area (Å²) in [6, 6.07) is 0.517. The van der Waals surface area contributed by atoms with Gasteiger partial charge in [-0.1, -0.05) is 6.92 Å². The lowest BCUT2D eigenvalue weighted by Crippen LogP contribution is -2.50. The molecular weight excluding hydrogens is 196 g/mol. The van der Waals surface area contributed by atoms with Crippen molar-refractivity contribution in [1.82, 2.24) is 10.6 Å². The molecule has 0 amide bonds. The summed E-state index contributed by atoms with van der Waals surface area (Å²) in [4.78, 5) is 0. The Hall–Kier alpha value is -0.350. The molecule has 0 heterocycles. The van der Waals surface area contributed by atoms with E-state index in [0.717, 1.165) is 37.5 Å². The molecule has 1 aliphatic rings. The van der Waals surface area contributed by atoms with Gasteiger partial charge in [0.05, 0.1) is 6.10 Å². The first-order valence-corrected chi connectivity index (χ1v) is 5.83. The molecule has 0 bridgehead atoms. The van der Waals surface area contributed by atoms with E-state index in [4.69, 9.17) is 17.0 Å². The average Bonchev–Trinajstić information content (AvgIpc) is 2.11. The van der Waals surface area contributed by atoms with Crippen LogP contribution in [0.3, 0.4) is 0 Å². The molecule has 1 fully saturated rings. The zero-order valence-corrected chi connectivity index (χ0v) is 9.82. The summed E-state index contributed by atoms with van der Waals surface area (Å²) in [6.07, 6.45) is 3.73. The van der Waals surface area contributed by atoms with Crippen molar-refractivity contribution in [1.29, 1.82) is 0 Å². The lowest BCUT2D eigenvalue weighted by Gasteiger charge is -2.36. The van der Waals surface area contributed by atoms with Crippen molar-refractivity contribution in [2.24, 2.45) is 0 Å². The highest BCUT2D eigenvalue weighted by Crippen LogP contribution is 2.22. The van der Waals surface area contributed by atoms with Crippen molar-refractivity contribution in [3.8, 4) is 0 Å². The summed E-state index contributed by atoms with van der Waals surface area (Å²) in [5.41, 5.74) is 0. The van der Waals surface area contributed by atoms with Gasteiger partial charge in [0.1, 0.15) is 0 Å². The van der Waals surface area contributed by atoms with Gasteiger partial charge < -0.3 is 15.4 Å². The molecule has 1 aliphatic carbocycles. The third kappa shape index (κ3) is 3.80. The van der Waals surface area contributed by atoms with Crippen LogP contribution < -0.4 is 10.6 Å². The summed E-state index contributed by atoms with van der Waals surface area (Å²) in [7, 11) is 0. The van der Waals surface area contributed by atoms with Crippen LogP contribution in [0.5, 0.6) is 0 Å². The van der Waals surface area contributed by atoms with Crippen LogP contribution in [0.15, 0.2) is 0 Å². The van der Waals surface area contributed by atoms with Crippen molar-refractivity contribution >= 4 is 17.3 Å². The SMILES string of the molecule is CCCNC(=S)NC1CC(OCC)C1. The van der Waals surface area contributed by atoms with E-state index in [2.05, 4.69) is 17.6 Å². The molecule has 0 aromatic carbocycles. The Morgan fingerprint density at radius 3 is 2.71 bits per heavy atom. The van der Waals surface area contributed by atoms with Gasteiger partial charge >= 0.3 is 0 Å². The van der Waals surface area contributed by atoms with Crippen molar-refractivity contribution in [3.05, 3.63) is 0 Å². The van der Waals surface area contributed by atoms with Gasteiger partial charge in [-0.25, -0.2) is 0 Å². The second kappa shape index (κ2) is 6.19. The molecular formula is C10H20N2OS. The number of rotatable bonds is 5. The molecule has 0 aliphatic heterocycles. The molecule has 0 aromatic rings. The van der Waals surface area contributed by atoms with Crippen molar-refractivity contribution in [2.45, 2.75) is 45.3 Å². The Morgan fingerprint density at radius 2 is 2.14 bits per heavy atom. The van der Waals surface area contributed by atoms with Crippen LogP contribution in [0.25, 0.3) is 0 Å². The van der Waals surface area contributed by atoms with Gasteiger partial charge in [-0.3, -0.25) is 0 Å². The molecule has 4 heteroatoms. The molecule has 0 spiro atoms. The van der Waals surface area contributed by atoms with Crippen LogP contribution in [0, 0.1) is 0 Å². The lowest BCUT2D eigenvalue weighted by molar-refractivity contribution is -0.00562. The largest absolute Gasteiger partial charge is 0.378 e. The first-order valence-electron chi connectivity index (χ1n) is 5.42. The van der Waals surface area contributed by atoms with Gasteiger partial charge in [-0.2, -0.15) is 0 Å². The van der Waals surface area contributed by atoms with Crippen LogP contribution >= 0.6 is 12.2 Å². The molecule has 0 atom stereocenters. The average molecular weight is 216 g/mol. The zero-order chi connectivity index (χ0) is 10.4. The Morgan fingerprint density at radius 1 is 1.43 bits per heavy atom. The van der Waals surface area contributed by atoms with Crippen LogP contribution in [-0.2, 0) is 4.74 Å². The van der Waals surface area contributed by atoms with Gasteiger partial charge in [0.15, 0.2) is 5.11 Å². The lowest BCUT2D eigenvalue weighted by atomic mass is 9.89. The first-order chi connectivity index (χ1) is 6.76. The minimum absolute atomic E-state index is 0.450. The molecule has 82 valence electrons. The molecule has 0 aromatic heterocycles. The third-order valence-corrected chi connectivity index (χ3v) is 2.63. The fraction of sp³-hybridized carbons (Fsp3) is 0.900. The summed E-state index contributed by atoms with van der Waals surface area (Å²) >= 11 is 5.14. The van der Waals surface area contributed by atoms with Gasteiger partial charge in [0, 0.05) is 19.2 Å². The summed E-state index contributed by atoms with van der Waals surface area (Å²) < 4.78 is 5.47. The van der Waals surface area contributed by atoms with E-state index in [-0.39, 0.29) is 0 Å². The standard InChI is InChI=1S/C10H20N2OS/c1-3-5-11-10(14)12-8-6-9(7-8)13-4-2/h8-9H,3-7H2,1-2H3,(H2,11,12,14). The van der Waals surface area contributed by atoms with E-state index < -0.39 is 0 Å². The summed E-state index contributed by atoms with van der Waals surface area (Å²) in [6.45, 7) is 5.93. The first kappa shape index (κ1) is 11.7. The Kier molecular flexibility index (Phi) is 5.19. The second-order valence-electron chi connectivity index (χ2n) is 3.65. The van der Waals surface area contributed by atoms with Gasteiger partial charge in [0.25, 0.3) is 0 Å². The Labute approximate surface area is 91.6 Å². The maximum Gasteiger partial charge on any atom is 0.166 e. The monoisotopic (exact) mass is 216 g/mol. The zero-order valence-electron chi connectivity index (χ0n) is 9.01. The predicted octanol–water partition coefficient (Wildman–Crippen LogP) is 1.43. The van der Waals surface area contributed by atoms with E-state index in [1.165, 1.54) is 0 Å². The Bertz CT molecular complexity index is 181. The van der Waals surface area contributed by atoms with Crippen molar-refractivity contribution < 1.29 is 4.74 Å². The maximum atomic E-state index is 5.47. The molecule has 1 rings (SSSR count). The number of hydrogen-bond donors (Lipinski definition) is 2. The van der Waals surface area contributed by atoms with Crippen molar-refractivity contribution in [2.75, 3.05) is 13.2 Å². The van der Waals surface area contributed by atoms with Gasteiger partial charge in [-0.05, 0) is 38.4 Å². The molecule has 0 unspecified atom stereocenters. The molecule has 0 radical (unpaired) electrons. The van der Waals surface area contributed by atoms with E-state index in [1.807, 2.05) is 6.92 Å². The minimum atomic E-state index is 0.450. The topological polar surface area (TPSA) is 33.3 Å². The van der Waals surface area contributed by atoms with E-state index in [0.29, 0.717) is 12.1 Å². The van der Waals surface area contributed by atoms with Crippen LogP contribution in [0.1, 0.15) is 33.1 Å². The summed E-state index contributed by atoms with van der Waals surface area (Å²) in [5.74, 6) is 0. The quantitative estimate of drug-likeness (QED) is 0.681. The van der Waals surface area contributed by atoms with E-state index in [9.17, 15) is 0 Å². The fourth-order valence-electron chi connectivity index (χ4n) is 1.53. The number of thiocarbonyl (C=S) groups is 1. The Balaban J connectivity index is 2.01. The highest BCUT2D eigenvalue weighted by molar-refractivity contribution is 7.80. The minimum Gasteiger partial charge on any atom is -0.378 e. The third-order valence-electron chi connectivity index (χ3n) is 2.37. The van der Waals surface area contributed by atoms with Gasteiger partial charge in [-0.15, -0.1) is 0 Å². The number of ether oxygens (including phenoxy) is 1. The fourth-order valence-corrected chi connectivity index (χ4v) is 1.80. The maximum absolute atomic E-state index is 5.47. The van der Waals surface area contributed by atoms with Crippen molar-refractivity contribution in [3.63, 3.8) is 0 Å². The predicted molar refractivity (Wildman–Crippen MR) is 62.5 cm³/mol. The molecule has 1 saturated carbocycles. The van der Waals surface area contributed by atoms with E-state index >= 15 is 0 Å². The number of hydrogen-bond acceptors (Lipinski definition) is 2. The number of nitrogens with one attached hydrogen (secondary N) is 2. The molecule has 14 heavy (non-hydrogen) atoms. The van der Waals surface area contributed by atoms with E-state index in [1.54, 1.807) is 0 Å². The summed E-state index contributed by atoms with van der Waals surface area (Å²) in [5, 5.41) is 7.22. The molecule has 2 N–H and O–H groups in total.